The number of halogens is 1. The highest BCUT2D eigenvalue weighted by Crippen LogP contribution is 2.28. The number of carbonyl (C=O) groups is 2. The number of ether oxygens (including phenoxy) is 2. The van der Waals surface area contributed by atoms with Crippen LogP contribution < -0.4 is 14.9 Å². The number of rotatable bonds is 8. The van der Waals surface area contributed by atoms with Crippen LogP contribution in [0.5, 0.6) is 11.5 Å². The van der Waals surface area contributed by atoms with E-state index >= 15 is 0 Å². The zero-order valence-corrected chi connectivity index (χ0v) is 16.7. The Morgan fingerprint density at radius 1 is 1.14 bits per heavy atom. The Kier molecular flexibility index (Phi) is 7.83. The van der Waals surface area contributed by atoms with E-state index in [1.54, 1.807) is 56.6 Å². The van der Waals surface area contributed by atoms with E-state index in [1.807, 2.05) is 6.92 Å². The molecule has 0 atom stereocenters. The summed E-state index contributed by atoms with van der Waals surface area (Å²) in [5.74, 6) is 0.370. The molecule has 0 aliphatic heterocycles. The molecular formula is C20H22ClN3O4. The summed E-state index contributed by atoms with van der Waals surface area (Å²) in [4.78, 5) is 25.2. The number of hydrogen-bond acceptors (Lipinski definition) is 5. The number of carbonyl (C=O) groups excluding carboxylic acids is 2. The molecule has 0 spiro atoms. The number of hydrazone groups is 1. The Hall–Kier alpha value is -3.06. The van der Waals surface area contributed by atoms with Crippen LogP contribution in [0.3, 0.4) is 0 Å². The van der Waals surface area contributed by atoms with Crippen molar-refractivity contribution in [2.24, 2.45) is 5.10 Å². The molecule has 0 saturated heterocycles. The molecule has 1 N–H and O–H groups in total. The van der Waals surface area contributed by atoms with Gasteiger partial charge in [0.25, 0.3) is 11.8 Å². The lowest BCUT2D eigenvalue weighted by Gasteiger charge is -2.14. The van der Waals surface area contributed by atoms with Crippen molar-refractivity contribution >= 4 is 29.6 Å². The first kappa shape index (κ1) is 21.2. The van der Waals surface area contributed by atoms with Crippen molar-refractivity contribution in [2.45, 2.75) is 6.92 Å². The van der Waals surface area contributed by atoms with Crippen molar-refractivity contribution in [1.29, 1.82) is 0 Å². The summed E-state index contributed by atoms with van der Waals surface area (Å²) in [6.45, 7) is 2.19. The fraction of sp³-hybridized carbons (Fsp3) is 0.250. The quantitative estimate of drug-likeness (QED) is 0.542. The summed E-state index contributed by atoms with van der Waals surface area (Å²) in [5, 5.41) is 4.30. The number of nitrogens with one attached hydrogen (secondary N) is 1. The minimum atomic E-state index is -0.408. The molecule has 2 aromatic rings. The smallest absolute Gasteiger partial charge is 0.272 e. The van der Waals surface area contributed by atoms with E-state index in [4.69, 9.17) is 21.1 Å². The van der Waals surface area contributed by atoms with Crippen molar-refractivity contribution in [3.05, 3.63) is 58.6 Å². The molecule has 2 amide bonds. The van der Waals surface area contributed by atoms with E-state index in [0.29, 0.717) is 34.3 Å². The summed E-state index contributed by atoms with van der Waals surface area (Å²) in [5.41, 5.74) is 3.46. The SMILES string of the molecule is CCOc1cc(/C=N/NC(=O)c2ccccc2Cl)ccc1OCC(=O)N(C)C. The van der Waals surface area contributed by atoms with Gasteiger partial charge in [0.1, 0.15) is 0 Å². The van der Waals surface area contributed by atoms with Gasteiger partial charge in [-0.1, -0.05) is 23.7 Å². The minimum absolute atomic E-state index is 0.0889. The van der Waals surface area contributed by atoms with Crippen LogP contribution in [0.1, 0.15) is 22.8 Å². The second-order valence-electron chi connectivity index (χ2n) is 5.89. The van der Waals surface area contributed by atoms with E-state index in [9.17, 15) is 9.59 Å². The van der Waals surface area contributed by atoms with Crippen LogP contribution >= 0.6 is 11.6 Å². The molecule has 0 bridgehead atoms. The maximum absolute atomic E-state index is 12.1. The van der Waals surface area contributed by atoms with Crippen molar-refractivity contribution in [3.8, 4) is 11.5 Å². The van der Waals surface area contributed by atoms with Gasteiger partial charge < -0.3 is 14.4 Å². The lowest BCUT2D eigenvalue weighted by molar-refractivity contribution is -0.130. The third-order valence-electron chi connectivity index (χ3n) is 3.62. The van der Waals surface area contributed by atoms with Gasteiger partial charge in [0.05, 0.1) is 23.4 Å². The number of benzene rings is 2. The van der Waals surface area contributed by atoms with Gasteiger partial charge >= 0.3 is 0 Å². The van der Waals surface area contributed by atoms with E-state index in [1.165, 1.54) is 11.1 Å². The van der Waals surface area contributed by atoms with Gasteiger partial charge in [0.15, 0.2) is 18.1 Å². The summed E-state index contributed by atoms with van der Waals surface area (Å²) >= 11 is 5.99. The average Bonchev–Trinajstić information content (AvgIpc) is 2.67. The van der Waals surface area contributed by atoms with E-state index < -0.39 is 5.91 Å². The monoisotopic (exact) mass is 403 g/mol. The van der Waals surface area contributed by atoms with Crippen LogP contribution in [0.2, 0.25) is 5.02 Å². The Labute approximate surface area is 168 Å². The lowest BCUT2D eigenvalue weighted by atomic mass is 10.2. The van der Waals surface area contributed by atoms with Gasteiger partial charge in [-0.2, -0.15) is 5.10 Å². The molecule has 28 heavy (non-hydrogen) atoms. The van der Waals surface area contributed by atoms with Crippen LogP contribution in [0.15, 0.2) is 47.6 Å². The van der Waals surface area contributed by atoms with Crippen molar-refractivity contribution in [3.63, 3.8) is 0 Å². The molecule has 8 heteroatoms. The molecule has 2 aromatic carbocycles. The molecule has 0 saturated carbocycles. The molecule has 0 fully saturated rings. The van der Waals surface area contributed by atoms with Crippen LogP contribution in [-0.2, 0) is 4.79 Å². The largest absolute Gasteiger partial charge is 0.490 e. The zero-order valence-electron chi connectivity index (χ0n) is 15.9. The average molecular weight is 404 g/mol. The van der Waals surface area contributed by atoms with Crippen molar-refractivity contribution in [1.82, 2.24) is 10.3 Å². The highest BCUT2D eigenvalue weighted by atomic mass is 35.5. The fourth-order valence-electron chi connectivity index (χ4n) is 2.13. The lowest BCUT2D eigenvalue weighted by Crippen LogP contribution is -2.27. The molecule has 148 valence electrons. The van der Waals surface area contributed by atoms with Gasteiger partial charge in [-0.15, -0.1) is 0 Å². The Morgan fingerprint density at radius 3 is 2.57 bits per heavy atom. The second kappa shape index (κ2) is 10.3. The third-order valence-corrected chi connectivity index (χ3v) is 3.95. The van der Waals surface area contributed by atoms with Crippen molar-refractivity contribution < 1.29 is 19.1 Å². The normalized spacial score (nSPS) is 10.6. The maximum Gasteiger partial charge on any atom is 0.272 e. The van der Waals surface area contributed by atoms with Gasteiger partial charge in [-0.3, -0.25) is 9.59 Å². The zero-order chi connectivity index (χ0) is 20.5. The Morgan fingerprint density at radius 2 is 1.89 bits per heavy atom. The number of nitrogens with zero attached hydrogens (tertiary/aromatic N) is 2. The van der Waals surface area contributed by atoms with E-state index in [-0.39, 0.29) is 12.5 Å². The standard InChI is InChI=1S/C20H22ClN3O4/c1-4-27-18-11-14(9-10-17(18)28-13-19(25)24(2)3)12-22-23-20(26)15-7-5-6-8-16(15)21/h5-12H,4,13H2,1-3H3,(H,23,26)/b22-12+. The molecule has 7 nitrogen and oxygen atoms in total. The highest BCUT2D eigenvalue weighted by molar-refractivity contribution is 6.33. The van der Waals surface area contributed by atoms with Gasteiger partial charge in [0, 0.05) is 14.1 Å². The molecule has 0 radical (unpaired) electrons. The number of amides is 2. The molecule has 0 aliphatic rings. The van der Waals surface area contributed by atoms with Crippen LogP contribution in [0.25, 0.3) is 0 Å². The predicted octanol–water partition coefficient (Wildman–Crippen LogP) is 2.97. The third kappa shape index (κ3) is 5.99. The number of likely N-dealkylation sites (N-methyl/N-ethyl adjacent to an activating group) is 1. The Balaban J connectivity index is 2.06. The summed E-state index contributed by atoms with van der Waals surface area (Å²) in [6, 6.07) is 11.8. The fourth-order valence-corrected chi connectivity index (χ4v) is 2.35. The van der Waals surface area contributed by atoms with E-state index in [0.717, 1.165) is 0 Å². The number of hydrogen-bond donors (Lipinski definition) is 1. The maximum atomic E-state index is 12.1. The molecule has 2 rings (SSSR count). The first-order valence-electron chi connectivity index (χ1n) is 8.60. The minimum Gasteiger partial charge on any atom is -0.490 e. The topological polar surface area (TPSA) is 80.2 Å². The molecule has 0 unspecified atom stereocenters. The van der Waals surface area contributed by atoms with Crippen molar-refractivity contribution in [2.75, 3.05) is 27.3 Å². The van der Waals surface area contributed by atoms with Gasteiger partial charge in [0.2, 0.25) is 0 Å². The first-order chi connectivity index (χ1) is 13.4. The predicted molar refractivity (Wildman–Crippen MR) is 108 cm³/mol. The van der Waals surface area contributed by atoms with Gasteiger partial charge in [-0.05, 0) is 42.8 Å². The molecule has 0 heterocycles. The van der Waals surface area contributed by atoms with Crippen LogP contribution in [0.4, 0.5) is 0 Å². The first-order valence-corrected chi connectivity index (χ1v) is 8.98. The van der Waals surface area contributed by atoms with E-state index in [2.05, 4.69) is 10.5 Å². The van der Waals surface area contributed by atoms with Crippen LogP contribution in [-0.4, -0.2) is 50.2 Å². The molecular weight excluding hydrogens is 382 g/mol. The highest BCUT2D eigenvalue weighted by Gasteiger charge is 2.11. The molecule has 0 aromatic heterocycles. The molecule has 0 aliphatic carbocycles. The summed E-state index contributed by atoms with van der Waals surface area (Å²) in [7, 11) is 3.32. The summed E-state index contributed by atoms with van der Waals surface area (Å²) < 4.78 is 11.1. The summed E-state index contributed by atoms with van der Waals surface area (Å²) in [6.07, 6.45) is 1.48. The van der Waals surface area contributed by atoms with Gasteiger partial charge in [-0.25, -0.2) is 5.43 Å². The Bertz CT molecular complexity index is 868. The van der Waals surface area contributed by atoms with Crippen LogP contribution in [0, 0.1) is 0 Å². The second-order valence-corrected chi connectivity index (χ2v) is 6.30.